The maximum Gasteiger partial charge on any atom is 0.419 e. The van der Waals surface area contributed by atoms with Gasteiger partial charge in [0.2, 0.25) is 5.88 Å². The van der Waals surface area contributed by atoms with E-state index in [2.05, 4.69) is 15.6 Å². The van der Waals surface area contributed by atoms with Gasteiger partial charge in [-0.25, -0.2) is 9.37 Å². The molecule has 1 fully saturated rings. The number of aliphatic hydroxyl groups excluding tert-OH is 2. The van der Waals surface area contributed by atoms with Crippen LogP contribution in [0.2, 0.25) is 0 Å². The van der Waals surface area contributed by atoms with Crippen LogP contribution >= 0.6 is 11.3 Å². The fourth-order valence-electron chi connectivity index (χ4n) is 4.58. The number of ether oxygens (including phenoxy) is 1. The lowest BCUT2D eigenvalue weighted by Crippen LogP contribution is -2.52. The Balaban J connectivity index is 1.53. The predicted octanol–water partition coefficient (Wildman–Crippen LogP) is 5.65. The number of nitrogens with one attached hydrogen (secondary N) is 2. The van der Waals surface area contributed by atoms with Gasteiger partial charge in [-0.1, -0.05) is 6.07 Å². The number of halogens is 7. The Morgan fingerprint density at radius 1 is 1.02 bits per heavy atom. The number of thiophene rings is 1. The largest absolute Gasteiger partial charge is 0.480 e. The molecule has 2 aromatic heterocycles. The van der Waals surface area contributed by atoms with Crippen LogP contribution in [0.15, 0.2) is 48.7 Å². The van der Waals surface area contributed by atoms with Crippen molar-refractivity contribution < 1.29 is 55.3 Å². The standard InChI is InChI=1S/C28H21F7N4O5S/c1-44-25-17(6-12(9-36-25)26(43)39-10-15(40)11-39)23(41)38-21-16-4-2-13(27(30,31)32)7-20(16)45-22(21)24(42)37-14-3-5-19(29)18(8-14)28(33,34)35/h2-9,15,26,40,43H,10-11H2,1H3,(H,37,42)(H,38,41). The second kappa shape index (κ2) is 11.9. The van der Waals surface area contributed by atoms with Gasteiger partial charge < -0.3 is 25.6 Å². The molecule has 5 rings (SSSR count). The highest BCUT2D eigenvalue weighted by Gasteiger charge is 2.35. The molecule has 1 saturated heterocycles. The smallest absolute Gasteiger partial charge is 0.419 e. The van der Waals surface area contributed by atoms with Crippen LogP contribution in [0, 0.1) is 5.82 Å². The summed E-state index contributed by atoms with van der Waals surface area (Å²) < 4.78 is 98.8. The van der Waals surface area contributed by atoms with Gasteiger partial charge in [0.15, 0.2) is 0 Å². The number of pyridine rings is 1. The maximum absolute atomic E-state index is 13.8. The van der Waals surface area contributed by atoms with E-state index in [4.69, 9.17) is 4.74 Å². The molecule has 2 aromatic carbocycles. The summed E-state index contributed by atoms with van der Waals surface area (Å²) >= 11 is 0.524. The van der Waals surface area contributed by atoms with Crippen molar-refractivity contribution in [1.29, 1.82) is 0 Å². The van der Waals surface area contributed by atoms with Gasteiger partial charge in [-0.05, 0) is 36.4 Å². The first-order valence-electron chi connectivity index (χ1n) is 12.8. The van der Waals surface area contributed by atoms with Gasteiger partial charge in [0.1, 0.15) is 22.5 Å². The number of amides is 2. The molecule has 0 radical (unpaired) electrons. The first-order valence-corrected chi connectivity index (χ1v) is 13.7. The third-order valence-corrected chi connectivity index (χ3v) is 7.99. The number of carbonyl (C=O) groups excluding carboxylic acids is 2. The number of aromatic nitrogens is 1. The Morgan fingerprint density at radius 3 is 2.36 bits per heavy atom. The molecular formula is C28H21F7N4O5S. The summed E-state index contributed by atoms with van der Waals surface area (Å²) in [5, 5.41) is 24.8. The Bertz CT molecular complexity index is 1790. The van der Waals surface area contributed by atoms with E-state index in [1.807, 2.05) is 0 Å². The van der Waals surface area contributed by atoms with Crippen LogP contribution in [0.1, 0.15) is 42.9 Å². The number of benzene rings is 2. The third-order valence-electron chi connectivity index (χ3n) is 6.84. The van der Waals surface area contributed by atoms with Gasteiger partial charge in [-0.2, -0.15) is 26.3 Å². The molecule has 0 saturated carbocycles. The van der Waals surface area contributed by atoms with Crippen LogP contribution in [-0.2, 0) is 12.4 Å². The van der Waals surface area contributed by atoms with Crippen molar-refractivity contribution in [2.45, 2.75) is 24.7 Å². The van der Waals surface area contributed by atoms with E-state index in [0.29, 0.717) is 23.5 Å². The molecule has 3 heterocycles. The van der Waals surface area contributed by atoms with Crippen molar-refractivity contribution in [1.82, 2.24) is 9.88 Å². The normalized spacial score (nSPS) is 15.1. The van der Waals surface area contributed by atoms with Crippen molar-refractivity contribution in [3.05, 3.63) is 81.6 Å². The summed E-state index contributed by atoms with van der Waals surface area (Å²) in [6, 6.07) is 5.43. The molecule has 0 spiro atoms. The van der Waals surface area contributed by atoms with Crippen molar-refractivity contribution in [3.8, 4) is 5.88 Å². The number of alkyl halides is 6. The molecule has 17 heteroatoms. The van der Waals surface area contributed by atoms with E-state index in [9.17, 15) is 50.5 Å². The highest BCUT2D eigenvalue weighted by Crippen LogP contribution is 2.41. The number of methoxy groups -OCH3 is 1. The van der Waals surface area contributed by atoms with Crippen LogP contribution in [0.4, 0.5) is 42.1 Å². The summed E-state index contributed by atoms with van der Waals surface area (Å²) in [4.78, 5) is 32.0. The molecular weight excluding hydrogens is 637 g/mol. The molecule has 4 aromatic rings. The molecule has 9 nitrogen and oxygen atoms in total. The molecule has 1 unspecified atom stereocenters. The zero-order valence-electron chi connectivity index (χ0n) is 22.8. The average molecular weight is 659 g/mol. The van der Waals surface area contributed by atoms with E-state index < -0.39 is 59.1 Å². The SMILES string of the molecule is COc1ncc(C(O)N2CC(O)C2)cc1C(=O)Nc1c(C(=O)Nc2ccc(F)c(C(F)(F)F)c2)sc2cc(C(F)(F)F)ccc12. The average Bonchev–Trinajstić information content (AvgIpc) is 3.32. The third kappa shape index (κ3) is 6.56. The summed E-state index contributed by atoms with van der Waals surface area (Å²) in [6.07, 6.45) is -10.5. The number of anilines is 2. The summed E-state index contributed by atoms with van der Waals surface area (Å²) in [6.45, 7) is 0.318. The molecule has 45 heavy (non-hydrogen) atoms. The molecule has 1 aliphatic heterocycles. The van der Waals surface area contributed by atoms with Crippen molar-refractivity contribution >= 4 is 44.6 Å². The van der Waals surface area contributed by atoms with E-state index in [1.165, 1.54) is 24.3 Å². The number of likely N-dealkylation sites (tertiary alicyclic amines) is 1. The second-order valence-corrected chi connectivity index (χ2v) is 11.0. The molecule has 1 atom stereocenters. The van der Waals surface area contributed by atoms with Crippen molar-refractivity contribution in [2.75, 3.05) is 30.8 Å². The number of nitrogens with zero attached hydrogens (tertiary/aromatic N) is 2. The lowest BCUT2D eigenvalue weighted by atomic mass is 10.1. The lowest BCUT2D eigenvalue weighted by molar-refractivity contribution is -0.140. The highest BCUT2D eigenvalue weighted by atomic mass is 32.1. The van der Waals surface area contributed by atoms with Crippen molar-refractivity contribution in [3.63, 3.8) is 0 Å². The first kappa shape index (κ1) is 32.1. The van der Waals surface area contributed by atoms with E-state index >= 15 is 0 Å². The van der Waals surface area contributed by atoms with E-state index in [1.54, 1.807) is 0 Å². The van der Waals surface area contributed by atoms with Crippen LogP contribution in [0.3, 0.4) is 0 Å². The predicted molar refractivity (Wildman–Crippen MR) is 147 cm³/mol. The molecule has 0 bridgehead atoms. The van der Waals surface area contributed by atoms with Gasteiger partial charge >= 0.3 is 12.4 Å². The zero-order valence-corrected chi connectivity index (χ0v) is 23.6. The van der Waals surface area contributed by atoms with Crippen LogP contribution in [-0.4, -0.2) is 58.2 Å². The van der Waals surface area contributed by atoms with Crippen LogP contribution in [0.5, 0.6) is 5.88 Å². The summed E-state index contributed by atoms with van der Waals surface area (Å²) in [7, 11) is 1.20. The fraction of sp³-hybridized carbons (Fsp3) is 0.250. The number of carbonyl (C=O) groups is 2. The Hall–Kier alpha value is -4.32. The number of hydrogen-bond acceptors (Lipinski definition) is 8. The number of hydrogen-bond donors (Lipinski definition) is 4. The van der Waals surface area contributed by atoms with Crippen LogP contribution < -0.4 is 15.4 Å². The minimum atomic E-state index is -5.08. The molecule has 4 N–H and O–H groups in total. The van der Waals surface area contributed by atoms with Crippen LogP contribution in [0.25, 0.3) is 10.1 Å². The van der Waals surface area contributed by atoms with E-state index in [0.717, 1.165) is 24.3 Å². The van der Waals surface area contributed by atoms with Gasteiger partial charge in [-0.3, -0.25) is 14.5 Å². The number of β-amino-alcohol motifs (C(OH)–C–C–N with tert-alkyl or cyclic N) is 1. The Kier molecular flexibility index (Phi) is 8.47. The summed E-state index contributed by atoms with van der Waals surface area (Å²) in [5.74, 6) is -3.85. The topological polar surface area (TPSA) is 124 Å². The van der Waals surface area contributed by atoms with Gasteiger partial charge in [0.25, 0.3) is 11.8 Å². The quantitative estimate of drug-likeness (QED) is 0.189. The monoisotopic (exact) mass is 658 g/mol. The number of fused-ring (bicyclic) bond motifs is 1. The zero-order chi connectivity index (χ0) is 32.8. The minimum Gasteiger partial charge on any atom is -0.480 e. The van der Waals surface area contributed by atoms with Gasteiger partial charge in [0, 0.05) is 40.6 Å². The molecule has 0 aliphatic carbocycles. The summed E-state index contributed by atoms with van der Waals surface area (Å²) in [5.41, 5.74) is -3.55. The number of aliphatic hydroxyl groups is 2. The van der Waals surface area contributed by atoms with Crippen molar-refractivity contribution in [2.24, 2.45) is 0 Å². The first-order chi connectivity index (χ1) is 21.1. The molecule has 238 valence electrons. The highest BCUT2D eigenvalue weighted by molar-refractivity contribution is 7.21. The second-order valence-electron chi connectivity index (χ2n) is 9.92. The number of rotatable bonds is 7. The fourth-order valence-corrected chi connectivity index (χ4v) is 5.67. The Labute approximate surface area is 252 Å². The van der Waals surface area contributed by atoms with E-state index in [-0.39, 0.29) is 50.7 Å². The maximum atomic E-state index is 13.8. The van der Waals surface area contributed by atoms with Gasteiger partial charge in [-0.15, -0.1) is 11.3 Å². The minimum absolute atomic E-state index is 0.000677. The van der Waals surface area contributed by atoms with Gasteiger partial charge in [0.05, 0.1) is 30.0 Å². The Morgan fingerprint density at radius 2 is 1.73 bits per heavy atom. The molecule has 1 aliphatic rings. The molecule has 2 amide bonds. The lowest BCUT2D eigenvalue weighted by Gasteiger charge is -2.39.